The van der Waals surface area contributed by atoms with Gasteiger partial charge in [-0.15, -0.1) is 0 Å². The molecule has 3 aromatic rings. The number of carboxylic acid groups (broad SMARTS) is 1. The Bertz CT molecular complexity index is 1230. The van der Waals surface area contributed by atoms with Gasteiger partial charge >= 0.3 is 12.1 Å². The summed E-state index contributed by atoms with van der Waals surface area (Å²) in [5.41, 5.74) is 3.56. The van der Waals surface area contributed by atoms with Crippen molar-refractivity contribution >= 4 is 22.6 Å². The molecule has 5 rings (SSSR count). The summed E-state index contributed by atoms with van der Waals surface area (Å²) in [7, 11) is 1.92. The van der Waals surface area contributed by atoms with Crippen LogP contribution in [-0.4, -0.2) is 52.8 Å². The van der Waals surface area contributed by atoms with Gasteiger partial charge in [-0.2, -0.15) is 13.2 Å². The summed E-state index contributed by atoms with van der Waals surface area (Å²) in [6.45, 7) is 2.54. The third-order valence-corrected chi connectivity index (χ3v) is 6.88. The minimum atomic E-state index is -5.08. The number of hydrogen-bond donors (Lipinski definition) is 2. The van der Waals surface area contributed by atoms with Gasteiger partial charge in [0.2, 0.25) is 0 Å². The number of fused-ring (bicyclic) bond motifs is 3. The lowest BCUT2D eigenvalue weighted by Gasteiger charge is -2.46. The highest BCUT2D eigenvalue weighted by Crippen LogP contribution is 2.43. The van der Waals surface area contributed by atoms with Crippen molar-refractivity contribution in [1.29, 1.82) is 0 Å². The van der Waals surface area contributed by atoms with E-state index in [1.54, 1.807) is 0 Å². The number of benzene rings is 2. The molecule has 2 N–H and O–H groups in total. The van der Waals surface area contributed by atoms with E-state index in [1.807, 2.05) is 18.0 Å². The van der Waals surface area contributed by atoms with Gasteiger partial charge in [-0.05, 0) is 54.2 Å². The van der Waals surface area contributed by atoms with Crippen molar-refractivity contribution in [3.8, 4) is 0 Å². The molecule has 0 saturated heterocycles. The first-order valence-corrected chi connectivity index (χ1v) is 11.6. The van der Waals surface area contributed by atoms with Gasteiger partial charge in [0.15, 0.2) is 0 Å². The lowest BCUT2D eigenvalue weighted by Crippen LogP contribution is -2.54. The zero-order chi connectivity index (χ0) is 25.2. The van der Waals surface area contributed by atoms with Gasteiger partial charge in [-0.25, -0.2) is 4.79 Å². The molecule has 1 aromatic heterocycles. The normalized spacial score (nSPS) is 16.1. The standard InChI is InChI=1S/C24H27N3O.C2HF3O2/c1-26(16-12-19-8-4-7-18-6-2-3-9-20(18)19)23(28)21-10-11-22-24(13-5-14-24)25-15-17-27(21)22;3-2(4,5)1(6)7/h2-4,6-11,25H,5,12-17H2,1H3;(H,6,7). The van der Waals surface area contributed by atoms with Crippen molar-refractivity contribution in [3.63, 3.8) is 0 Å². The van der Waals surface area contributed by atoms with Crippen molar-refractivity contribution in [2.45, 2.75) is 43.9 Å². The Morgan fingerprint density at radius 3 is 2.43 bits per heavy atom. The van der Waals surface area contributed by atoms with Crippen LogP contribution in [0.4, 0.5) is 13.2 Å². The van der Waals surface area contributed by atoms with E-state index in [0.29, 0.717) is 0 Å². The van der Waals surface area contributed by atoms with Crippen LogP contribution in [0.3, 0.4) is 0 Å². The minimum absolute atomic E-state index is 0.123. The van der Waals surface area contributed by atoms with Crippen LogP contribution in [0.2, 0.25) is 0 Å². The molecule has 35 heavy (non-hydrogen) atoms. The summed E-state index contributed by atoms with van der Waals surface area (Å²) in [5.74, 6) is -2.63. The zero-order valence-electron chi connectivity index (χ0n) is 19.4. The monoisotopic (exact) mass is 487 g/mol. The predicted octanol–water partition coefficient (Wildman–Crippen LogP) is 4.57. The highest BCUT2D eigenvalue weighted by atomic mass is 19.4. The number of nitrogens with one attached hydrogen (secondary N) is 1. The Hall–Kier alpha value is -3.33. The smallest absolute Gasteiger partial charge is 0.475 e. The van der Waals surface area contributed by atoms with Crippen molar-refractivity contribution in [2.75, 3.05) is 20.1 Å². The van der Waals surface area contributed by atoms with Gasteiger partial charge in [0.05, 0.1) is 5.54 Å². The van der Waals surface area contributed by atoms with E-state index >= 15 is 0 Å². The number of nitrogens with zero attached hydrogens (tertiary/aromatic N) is 2. The Balaban J connectivity index is 0.000000364. The summed E-state index contributed by atoms with van der Waals surface area (Å²) in [6, 6.07) is 19.1. The first kappa shape index (κ1) is 24.8. The first-order valence-electron chi connectivity index (χ1n) is 11.6. The van der Waals surface area contributed by atoms with Crippen LogP contribution in [0.5, 0.6) is 0 Å². The van der Waals surface area contributed by atoms with Crippen LogP contribution in [0.1, 0.15) is 41.0 Å². The summed E-state index contributed by atoms with van der Waals surface area (Å²) < 4.78 is 34.0. The average molecular weight is 488 g/mol. The number of hydrogen-bond acceptors (Lipinski definition) is 3. The topological polar surface area (TPSA) is 74.6 Å². The van der Waals surface area contributed by atoms with Crippen LogP contribution in [0.15, 0.2) is 54.6 Å². The molecule has 186 valence electrons. The summed E-state index contributed by atoms with van der Waals surface area (Å²) in [4.78, 5) is 23.9. The fraction of sp³-hybridized carbons (Fsp3) is 0.385. The van der Waals surface area contributed by atoms with Gasteiger partial charge in [-0.1, -0.05) is 42.5 Å². The lowest BCUT2D eigenvalue weighted by molar-refractivity contribution is -0.192. The van der Waals surface area contributed by atoms with E-state index in [2.05, 4.69) is 58.4 Å². The second kappa shape index (κ2) is 9.73. The number of halogens is 3. The maximum Gasteiger partial charge on any atom is 0.490 e. The number of rotatable bonds is 4. The number of amides is 1. The third-order valence-electron chi connectivity index (χ3n) is 6.88. The molecule has 0 bridgehead atoms. The molecule has 2 aromatic carbocycles. The summed E-state index contributed by atoms with van der Waals surface area (Å²) in [6.07, 6.45) is -0.585. The average Bonchev–Trinajstić information content (AvgIpc) is 3.25. The molecule has 0 unspecified atom stereocenters. The molecule has 1 aliphatic carbocycles. The Morgan fingerprint density at radius 2 is 1.77 bits per heavy atom. The number of carboxylic acids is 1. The maximum absolute atomic E-state index is 13.2. The third kappa shape index (κ3) is 5.05. The van der Waals surface area contributed by atoms with Crippen LogP contribution in [0.25, 0.3) is 10.8 Å². The SMILES string of the molecule is CN(CCc1cccc2ccccc12)C(=O)c1ccc2n1CCNC21CCC1.O=C(O)C(F)(F)F. The fourth-order valence-corrected chi connectivity index (χ4v) is 4.87. The number of carbonyl (C=O) groups is 2. The molecule has 1 amide bonds. The molecule has 0 radical (unpaired) electrons. The van der Waals surface area contributed by atoms with E-state index in [1.165, 1.54) is 41.3 Å². The minimum Gasteiger partial charge on any atom is -0.475 e. The Kier molecular flexibility index (Phi) is 6.89. The first-order chi connectivity index (χ1) is 16.6. The van der Waals surface area contributed by atoms with Crippen molar-refractivity contribution in [2.24, 2.45) is 0 Å². The van der Waals surface area contributed by atoms with Gasteiger partial charge in [0.1, 0.15) is 5.69 Å². The zero-order valence-corrected chi connectivity index (χ0v) is 19.4. The van der Waals surface area contributed by atoms with Crippen molar-refractivity contribution in [1.82, 2.24) is 14.8 Å². The van der Waals surface area contributed by atoms with Crippen molar-refractivity contribution < 1.29 is 27.9 Å². The Labute approximate surface area is 201 Å². The van der Waals surface area contributed by atoms with E-state index < -0.39 is 12.1 Å². The predicted molar refractivity (Wildman–Crippen MR) is 126 cm³/mol. The van der Waals surface area contributed by atoms with Crippen molar-refractivity contribution in [3.05, 3.63) is 71.5 Å². The maximum atomic E-state index is 13.2. The quantitative estimate of drug-likeness (QED) is 0.566. The Morgan fingerprint density at radius 1 is 1.09 bits per heavy atom. The number of carbonyl (C=O) groups excluding carboxylic acids is 1. The molecule has 1 saturated carbocycles. The van der Waals surface area contributed by atoms with E-state index in [0.717, 1.165) is 31.7 Å². The highest BCUT2D eigenvalue weighted by Gasteiger charge is 2.43. The second-order valence-corrected chi connectivity index (χ2v) is 9.04. The van der Waals surface area contributed by atoms with Gasteiger partial charge < -0.3 is 19.9 Å². The molecule has 2 heterocycles. The van der Waals surface area contributed by atoms with E-state index in [9.17, 15) is 18.0 Å². The van der Waals surface area contributed by atoms with Gasteiger partial charge in [0.25, 0.3) is 5.91 Å². The molecule has 2 aliphatic rings. The number of alkyl halides is 3. The molecular weight excluding hydrogens is 459 g/mol. The molecule has 6 nitrogen and oxygen atoms in total. The molecular formula is C26H28F3N3O3. The lowest BCUT2D eigenvalue weighted by atomic mass is 9.73. The van der Waals surface area contributed by atoms with Crippen LogP contribution in [0, 0.1) is 0 Å². The van der Waals surface area contributed by atoms with Gasteiger partial charge in [0, 0.05) is 32.4 Å². The molecule has 1 spiro atoms. The molecule has 1 aliphatic heterocycles. The second-order valence-electron chi connectivity index (χ2n) is 9.04. The van der Waals surface area contributed by atoms with Crippen LogP contribution < -0.4 is 5.32 Å². The van der Waals surface area contributed by atoms with E-state index in [-0.39, 0.29) is 11.4 Å². The van der Waals surface area contributed by atoms with Crippen LogP contribution in [-0.2, 0) is 23.3 Å². The fourth-order valence-electron chi connectivity index (χ4n) is 4.87. The summed E-state index contributed by atoms with van der Waals surface area (Å²) in [5, 5.41) is 13.4. The number of likely N-dealkylation sites (N-methyl/N-ethyl adjacent to an activating group) is 1. The molecule has 0 atom stereocenters. The molecule has 9 heteroatoms. The van der Waals surface area contributed by atoms with Gasteiger partial charge in [-0.3, -0.25) is 4.79 Å². The van der Waals surface area contributed by atoms with Crippen LogP contribution >= 0.6 is 0 Å². The molecule has 1 fully saturated rings. The number of aliphatic carboxylic acids is 1. The highest BCUT2D eigenvalue weighted by molar-refractivity contribution is 5.93. The largest absolute Gasteiger partial charge is 0.490 e. The summed E-state index contributed by atoms with van der Waals surface area (Å²) >= 11 is 0. The number of aromatic nitrogens is 1. The van der Waals surface area contributed by atoms with E-state index in [4.69, 9.17) is 9.90 Å².